The molecule has 0 radical (unpaired) electrons. The van der Waals surface area contributed by atoms with Crippen molar-refractivity contribution in [1.29, 1.82) is 0 Å². The number of thiocarbonyl (C=S) groups is 1. The highest BCUT2D eigenvalue weighted by Gasteiger charge is 2.12. The lowest BCUT2D eigenvalue weighted by atomic mass is 10.2. The predicted octanol–water partition coefficient (Wildman–Crippen LogP) is 6.16. The molecule has 23 heavy (non-hydrogen) atoms. The molecule has 1 nitrogen and oxygen atoms in total. The van der Waals surface area contributed by atoms with E-state index >= 15 is 0 Å². The average molecular weight is 362 g/mol. The molecule has 0 saturated heterocycles. The summed E-state index contributed by atoms with van der Waals surface area (Å²) in [5, 5.41) is 0. The number of rotatable bonds is 8. The molecule has 0 atom stereocenters. The quantitative estimate of drug-likeness (QED) is 0.315. The van der Waals surface area contributed by atoms with Gasteiger partial charge in [-0.25, -0.2) is 0 Å². The standard InChI is InChI=1S/C19H23NS3/c1-2-3-14-22-23-19(21)20(15-17-10-6-4-7-11-17)16-18-12-8-5-9-13-18/h4-13H,2-3,14-16H2,1H3. The van der Waals surface area contributed by atoms with Crippen molar-refractivity contribution in [3.63, 3.8) is 0 Å². The Balaban J connectivity index is 2.00. The van der Waals surface area contributed by atoms with Crippen LogP contribution < -0.4 is 0 Å². The van der Waals surface area contributed by atoms with Crippen LogP contribution in [0, 0.1) is 0 Å². The number of unbranched alkanes of at least 4 members (excludes halogenated alkanes) is 1. The van der Waals surface area contributed by atoms with Crippen LogP contribution in [0.25, 0.3) is 0 Å². The van der Waals surface area contributed by atoms with Crippen molar-refractivity contribution in [1.82, 2.24) is 4.90 Å². The second kappa shape index (κ2) is 10.7. The Bertz CT molecular complexity index is 530. The van der Waals surface area contributed by atoms with Gasteiger partial charge in [-0.3, -0.25) is 0 Å². The third-order valence-electron chi connectivity index (χ3n) is 3.40. The number of nitrogens with zero attached hydrogens (tertiary/aromatic N) is 1. The summed E-state index contributed by atoms with van der Waals surface area (Å²) in [5.74, 6) is 1.16. The van der Waals surface area contributed by atoms with Gasteiger partial charge in [0.05, 0.1) is 0 Å². The van der Waals surface area contributed by atoms with Crippen LogP contribution >= 0.6 is 33.8 Å². The number of hydrogen-bond acceptors (Lipinski definition) is 3. The lowest BCUT2D eigenvalue weighted by Gasteiger charge is -2.25. The second-order valence-corrected chi connectivity index (χ2v) is 8.40. The smallest absolute Gasteiger partial charge is 0.147 e. The van der Waals surface area contributed by atoms with Crippen LogP contribution in [0.2, 0.25) is 0 Å². The van der Waals surface area contributed by atoms with E-state index in [1.165, 1.54) is 24.0 Å². The molecule has 0 N–H and O–H groups in total. The van der Waals surface area contributed by atoms with Gasteiger partial charge < -0.3 is 4.90 Å². The van der Waals surface area contributed by atoms with Crippen molar-refractivity contribution >= 4 is 38.1 Å². The molecule has 0 amide bonds. The minimum absolute atomic E-state index is 0.857. The minimum atomic E-state index is 0.857. The van der Waals surface area contributed by atoms with E-state index in [0.717, 1.165) is 23.2 Å². The van der Waals surface area contributed by atoms with Crippen LogP contribution in [0.3, 0.4) is 0 Å². The van der Waals surface area contributed by atoms with Crippen LogP contribution in [0.4, 0.5) is 0 Å². The molecule has 0 aliphatic rings. The van der Waals surface area contributed by atoms with Crippen molar-refractivity contribution in [2.75, 3.05) is 5.75 Å². The van der Waals surface area contributed by atoms with Crippen LogP contribution in [0.15, 0.2) is 60.7 Å². The van der Waals surface area contributed by atoms with Crippen molar-refractivity contribution in [3.8, 4) is 0 Å². The SMILES string of the molecule is CCCCSSC(=S)N(Cc1ccccc1)Cc1ccccc1. The third kappa shape index (κ3) is 6.98. The van der Waals surface area contributed by atoms with Gasteiger partial charge in [0, 0.05) is 18.8 Å². The Hall–Kier alpha value is -0.970. The van der Waals surface area contributed by atoms with Gasteiger partial charge in [0.25, 0.3) is 0 Å². The number of hydrogen-bond donors (Lipinski definition) is 0. The van der Waals surface area contributed by atoms with E-state index in [1.807, 2.05) is 10.8 Å². The largest absolute Gasteiger partial charge is 0.348 e. The van der Waals surface area contributed by atoms with Crippen LogP contribution in [0.1, 0.15) is 30.9 Å². The van der Waals surface area contributed by atoms with E-state index in [-0.39, 0.29) is 0 Å². The molecule has 2 rings (SSSR count). The fourth-order valence-corrected chi connectivity index (χ4v) is 4.75. The van der Waals surface area contributed by atoms with Crippen LogP contribution in [-0.4, -0.2) is 15.0 Å². The average Bonchev–Trinajstić information content (AvgIpc) is 2.60. The van der Waals surface area contributed by atoms with Gasteiger partial charge in [-0.2, -0.15) is 0 Å². The van der Waals surface area contributed by atoms with E-state index in [9.17, 15) is 0 Å². The topological polar surface area (TPSA) is 3.24 Å². The molecule has 2 aromatic rings. The van der Waals surface area contributed by atoms with Gasteiger partial charge in [0.1, 0.15) is 4.32 Å². The molecule has 0 spiro atoms. The lowest BCUT2D eigenvalue weighted by Crippen LogP contribution is -2.26. The van der Waals surface area contributed by atoms with E-state index in [0.29, 0.717) is 0 Å². The van der Waals surface area contributed by atoms with Crippen molar-refractivity contribution in [3.05, 3.63) is 71.8 Å². The first-order chi connectivity index (χ1) is 11.3. The summed E-state index contributed by atoms with van der Waals surface area (Å²) in [6, 6.07) is 21.1. The van der Waals surface area contributed by atoms with Crippen LogP contribution in [0.5, 0.6) is 0 Å². The van der Waals surface area contributed by atoms with Crippen molar-refractivity contribution in [2.45, 2.75) is 32.9 Å². The molecule has 0 aliphatic carbocycles. The first-order valence-electron chi connectivity index (χ1n) is 7.96. The molecular formula is C19H23NS3. The normalized spacial score (nSPS) is 10.5. The zero-order chi connectivity index (χ0) is 16.3. The Morgan fingerprint density at radius 3 is 1.91 bits per heavy atom. The van der Waals surface area contributed by atoms with Crippen LogP contribution in [-0.2, 0) is 13.1 Å². The highest BCUT2D eigenvalue weighted by molar-refractivity contribution is 8.83. The Morgan fingerprint density at radius 2 is 1.43 bits per heavy atom. The predicted molar refractivity (Wildman–Crippen MR) is 110 cm³/mol. The maximum absolute atomic E-state index is 5.69. The fraction of sp³-hybridized carbons (Fsp3) is 0.316. The third-order valence-corrected chi connectivity index (χ3v) is 6.53. The molecule has 0 saturated carbocycles. The van der Waals surface area contributed by atoms with Gasteiger partial charge >= 0.3 is 0 Å². The Labute approximate surface area is 153 Å². The molecule has 0 bridgehead atoms. The van der Waals surface area contributed by atoms with Gasteiger partial charge in [0.2, 0.25) is 0 Å². The Morgan fingerprint density at radius 1 is 0.913 bits per heavy atom. The molecule has 0 aromatic heterocycles. The van der Waals surface area contributed by atoms with Crippen molar-refractivity contribution in [2.24, 2.45) is 0 Å². The summed E-state index contributed by atoms with van der Waals surface area (Å²) in [6.07, 6.45) is 2.48. The molecule has 0 heterocycles. The maximum Gasteiger partial charge on any atom is 0.147 e. The number of benzene rings is 2. The van der Waals surface area contributed by atoms with E-state index in [4.69, 9.17) is 12.2 Å². The van der Waals surface area contributed by atoms with Gasteiger partial charge in [-0.15, -0.1) is 0 Å². The zero-order valence-corrected chi connectivity index (χ0v) is 15.9. The molecule has 122 valence electrons. The zero-order valence-electron chi connectivity index (χ0n) is 13.5. The summed E-state index contributed by atoms with van der Waals surface area (Å²) >= 11 is 5.69. The van der Waals surface area contributed by atoms with E-state index in [1.54, 1.807) is 10.8 Å². The molecule has 0 unspecified atom stereocenters. The molecule has 4 heteroatoms. The van der Waals surface area contributed by atoms with E-state index < -0.39 is 0 Å². The van der Waals surface area contributed by atoms with Gasteiger partial charge in [-0.1, -0.05) is 97.0 Å². The molecule has 0 aliphatic heterocycles. The van der Waals surface area contributed by atoms with E-state index in [2.05, 4.69) is 72.5 Å². The monoisotopic (exact) mass is 361 g/mol. The maximum atomic E-state index is 5.69. The minimum Gasteiger partial charge on any atom is -0.348 e. The summed E-state index contributed by atoms with van der Waals surface area (Å²) in [6.45, 7) is 3.94. The Kier molecular flexibility index (Phi) is 8.58. The highest BCUT2D eigenvalue weighted by Crippen LogP contribution is 2.28. The molecule has 2 aromatic carbocycles. The summed E-state index contributed by atoms with van der Waals surface area (Å²) in [7, 11) is 3.61. The summed E-state index contributed by atoms with van der Waals surface area (Å²) < 4.78 is 0.971. The van der Waals surface area contributed by atoms with Gasteiger partial charge in [0.15, 0.2) is 0 Å². The summed E-state index contributed by atoms with van der Waals surface area (Å²) in [5.41, 5.74) is 2.59. The summed E-state index contributed by atoms with van der Waals surface area (Å²) in [4.78, 5) is 2.30. The molecular weight excluding hydrogens is 338 g/mol. The first-order valence-corrected chi connectivity index (χ1v) is 10.7. The second-order valence-electron chi connectivity index (χ2n) is 5.35. The first kappa shape index (κ1) is 18.4. The molecule has 0 fully saturated rings. The van der Waals surface area contributed by atoms with Crippen molar-refractivity contribution < 1.29 is 0 Å². The lowest BCUT2D eigenvalue weighted by molar-refractivity contribution is 0.421. The van der Waals surface area contributed by atoms with Gasteiger partial charge in [-0.05, 0) is 28.3 Å². The highest BCUT2D eigenvalue weighted by atomic mass is 33.1. The fourth-order valence-electron chi connectivity index (χ4n) is 2.14.